The molecule has 1 N–H and O–H groups in total. The van der Waals surface area contributed by atoms with E-state index in [9.17, 15) is 9.59 Å². The average molecular weight is 375 g/mol. The van der Waals surface area contributed by atoms with E-state index in [0.717, 1.165) is 5.56 Å². The molecule has 3 aromatic rings. The van der Waals surface area contributed by atoms with Gasteiger partial charge in [0.05, 0.1) is 12.7 Å². The average Bonchev–Trinajstić information content (AvgIpc) is 2.72. The Labute approximate surface area is 163 Å². The highest BCUT2D eigenvalue weighted by Crippen LogP contribution is 2.22. The van der Waals surface area contributed by atoms with Crippen LogP contribution in [0.1, 0.15) is 26.3 Å². The minimum atomic E-state index is -0.287. The zero-order chi connectivity index (χ0) is 19.9. The summed E-state index contributed by atoms with van der Waals surface area (Å²) in [5.74, 6) is 0.600. The van der Waals surface area contributed by atoms with E-state index in [1.165, 1.54) is 7.11 Å². The van der Waals surface area contributed by atoms with Gasteiger partial charge in [-0.25, -0.2) is 0 Å². The fourth-order valence-corrected chi connectivity index (χ4v) is 2.67. The molecular formula is C23H21NO4. The third-order valence-electron chi connectivity index (χ3n) is 4.19. The number of anilines is 1. The number of carbonyl (C=O) groups is 2. The van der Waals surface area contributed by atoms with Gasteiger partial charge in [0, 0.05) is 17.3 Å². The van der Waals surface area contributed by atoms with E-state index in [1.807, 2.05) is 19.1 Å². The summed E-state index contributed by atoms with van der Waals surface area (Å²) in [4.78, 5) is 24.7. The van der Waals surface area contributed by atoms with Crippen LogP contribution in [0.2, 0.25) is 0 Å². The number of aryl methyl sites for hydroxylation is 1. The molecule has 5 nitrogen and oxygen atoms in total. The molecule has 0 fully saturated rings. The van der Waals surface area contributed by atoms with Crippen molar-refractivity contribution in [2.75, 3.05) is 19.0 Å². The molecule has 0 spiro atoms. The van der Waals surface area contributed by atoms with Crippen LogP contribution in [0, 0.1) is 6.92 Å². The summed E-state index contributed by atoms with van der Waals surface area (Å²) in [7, 11) is 1.52. The Hall–Kier alpha value is -3.60. The Kier molecular flexibility index (Phi) is 6.07. The third kappa shape index (κ3) is 4.76. The first-order chi connectivity index (χ1) is 13.6. The van der Waals surface area contributed by atoms with Gasteiger partial charge in [-0.2, -0.15) is 0 Å². The van der Waals surface area contributed by atoms with Crippen LogP contribution in [0.5, 0.6) is 11.5 Å². The molecule has 3 aromatic carbocycles. The summed E-state index contributed by atoms with van der Waals surface area (Å²) in [6, 6.07) is 21.3. The van der Waals surface area contributed by atoms with Crippen LogP contribution >= 0.6 is 0 Å². The maximum atomic E-state index is 12.5. The molecule has 0 aliphatic heterocycles. The molecule has 28 heavy (non-hydrogen) atoms. The van der Waals surface area contributed by atoms with Crippen LogP contribution in [-0.2, 0) is 0 Å². The quantitative estimate of drug-likeness (QED) is 0.617. The minimum Gasteiger partial charge on any atom is -0.496 e. The van der Waals surface area contributed by atoms with Gasteiger partial charge in [0.2, 0.25) is 0 Å². The number of carbonyl (C=O) groups excluding carboxylic acids is 2. The summed E-state index contributed by atoms with van der Waals surface area (Å²) in [5, 5.41) is 2.82. The number of ketones is 1. The molecule has 0 atom stereocenters. The number of ether oxygens (including phenoxy) is 2. The lowest BCUT2D eigenvalue weighted by molar-refractivity contribution is 0.0920. The molecule has 0 unspecified atom stereocenters. The van der Waals surface area contributed by atoms with Crippen molar-refractivity contribution in [2.45, 2.75) is 6.92 Å². The number of nitrogens with one attached hydrogen (secondary N) is 1. The SMILES string of the molecule is COc1ccccc1C(=O)Nc1cccc(OCC(=O)c2ccc(C)cc2)c1. The van der Waals surface area contributed by atoms with E-state index in [1.54, 1.807) is 60.7 Å². The van der Waals surface area contributed by atoms with E-state index in [-0.39, 0.29) is 18.3 Å². The summed E-state index contributed by atoms with van der Waals surface area (Å²) in [6.07, 6.45) is 0. The number of methoxy groups -OCH3 is 1. The molecule has 5 heteroatoms. The van der Waals surface area contributed by atoms with E-state index < -0.39 is 0 Å². The van der Waals surface area contributed by atoms with Crippen molar-refractivity contribution in [1.82, 2.24) is 0 Å². The van der Waals surface area contributed by atoms with E-state index in [4.69, 9.17) is 9.47 Å². The van der Waals surface area contributed by atoms with E-state index in [2.05, 4.69) is 5.32 Å². The Morgan fingerprint density at radius 1 is 0.929 bits per heavy atom. The van der Waals surface area contributed by atoms with Crippen LogP contribution in [0.3, 0.4) is 0 Å². The lowest BCUT2D eigenvalue weighted by Crippen LogP contribution is -2.14. The topological polar surface area (TPSA) is 64.6 Å². The van der Waals surface area contributed by atoms with Crippen LogP contribution < -0.4 is 14.8 Å². The van der Waals surface area contributed by atoms with Gasteiger partial charge in [0.15, 0.2) is 12.4 Å². The summed E-state index contributed by atoms with van der Waals surface area (Å²) in [5.41, 5.74) is 2.70. The second-order valence-electron chi connectivity index (χ2n) is 6.26. The van der Waals surface area contributed by atoms with Gasteiger partial charge in [-0.1, -0.05) is 48.0 Å². The minimum absolute atomic E-state index is 0.0764. The molecule has 3 rings (SSSR count). The van der Waals surface area contributed by atoms with Crippen molar-refractivity contribution in [3.05, 3.63) is 89.5 Å². The zero-order valence-electron chi connectivity index (χ0n) is 15.8. The van der Waals surface area contributed by atoms with Crippen molar-refractivity contribution in [2.24, 2.45) is 0 Å². The van der Waals surface area contributed by atoms with Crippen molar-refractivity contribution in [3.8, 4) is 11.5 Å². The van der Waals surface area contributed by atoms with E-state index >= 15 is 0 Å². The van der Waals surface area contributed by atoms with Gasteiger partial charge in [0.25, 0.3) is 5.91 Å². The monoisotopic (exact) mass is 375 g/mol. The molecule has 1 amide bonds. The van der Waals surface area contributed by atoms with Crippen LogP contribution in [0.4, 0.5) is 5.69 Å². The molecule has 0 saturated carbocycles. The molecule has 0 radical (unpaired) electrons. The van der Waals surface area contributed by atoms with Crippen molar-refractivity contribution < 1.29 is 19.1 Å². The van der Waals surface area contributed by atoms with Crippen molar-refractivity contribution in [1.29, 1.82) is 0 Å². The number of hydrogen-bond donors (Lipinski definition) is 1. The Morgan fingerprint density at radius 2 is 1.68 bits per heavy atom. The molecule has 0 aliphatic rings. The van der Waals surface area contributed by atoms with Gasteiger partial charge < -0.3 is 14.8 Å². The van der Waals surface area contributed by atoms with Crippen molar-refractivity contribution in [3.63, 3.8) is 0 Å². The molecule has 142 valence electrons. The number of rotatable bonds is 7. The Morgan fingerprint density at radius 3 is 2.43 bits per heavy atom. The third-order valence-corrected chi connectivity index (χ3v) is 4.19. The van der Waals surface area contributed by atoms with Gasteiger partial charge in [-0.15, -0.1) is 0 Å². The van der Waals surface area contributed by atoms with Gasteiger partial charge in [-0.05, 0) is 31.2 Å². The van der Waals surface area contributed by atoms with E-state index in [0.29, 0.717) is 28.3 Å². The fourth-order valence-electron chi connectivity index (χ4n) is 2.67. The van der Waals surface area contributed by atoms with Crippen LogP contribution in [-0.4, -0.2) is 25.4 Å². The first kappa shape index (κ1) is 19.2. The fraction of sp³-hybridized carbons (Fsp3) is 0.130. The zero-order valence-corrected chi connectivity index (χ0v) is 15.8. The predicted molar refractivity (Wildman–Crippen MR) is 108 cm³/mol. The maximum absolute atomic E-state index is 12.5. The number of hydrogen-bond acceptors (Lipinski definition) is 4. The second kappa shape index (κ2) is 8.86. The second-order valence-corrected chi connectivity index (χ2v) is 6.26. The summed E-state index contributed by atoms with van der Waals surface area (Å²) in [6.45, 7) is 1.89. The highest BCUT2D eigenvalue weighted by Gasteiger charge is 2.12. The van der Waals surface area contributed by atoms with Crippen molar-refractivity contribution >= 4 is 17.4 Å². The van der Waals surface area contributed by atoms with Crippen LogP contribution in [0.15, 0.2) is 72.8 Å². The number of para-hydroxylation sites is 1. The predicted octanol–water partition coefficient (Wildman–Crippen LogP) is 4.52. The van der Waals surface area contributed by atoms with Gasteiger partial charge in [-0.3, -0.25) is 9.59 Å². The van der Waals surface area contributed by atoms with Gasteiger partial charge >= 0.3 is 0 Å². The van der Waals surface area contributed by atoms with Crippen LogP contribution in [0.25, 0.3) is 0 Å². The normalized spacial score (nSPS) is 10.2. The molecular weight excluding hydrogens is 354 g/mol. The highest BCUT2D eigenvalue weighted by atomic mass is 16.5. The number of Topliss-reactive ketones (excluding diaryl/α,β-unsaturated/α-hetero) is 1. The lowest BCUT2D eigenvalue weighted by atomic mass is 10.1. The maximum Gasteiger partial charge on any atom is 0.259 e. The Balaban J connectivity index is 1.64. The first-order valence-corrected chi connectivity index (χ1v) is 8.84. The lowest BCUT2D eigenvalue weighted by Gasteiger charge is -2.11. The smallest absolute Gasteiger partial charge is 0.259 e. The molecule has 0 bridgehead atoms. The highest BCUT2D eigenvalue weighted by molar-refractivity contribution is 6.06. The Bertz CT molecular complexity index is 980. The molecule has 0 saturated heterocycles. The number of benzene rings is 3. The summed E-state index contributed by atoms with van der Waals surface area (Å²) < 4.78 is 10.8. The standard InChI is InChI=1S/C23H21NO4/c1-16-10-12-17(13-11-16)21(25)15-28-19-7-5-6-18(14-19)24-23(26)20-8-3-4-9-22(20)27-2/h3-14H,15H2,1-2H3,(H,24,26). The molecule has 0 aliphatic carbocycles. The summed E-state index contributed by atoms with van der Waals surface area (Å²) >= 11 is 0. The number of amides is 1. The molecule has 0 aromatic heterocycles. The molecule has 0 heterocycles. The first-order valence-electron chi connectivity index (χ1n) is 8.84. The largest absolute Gasteiger partial charge is 0.496 e. The van der Waals surface area contributed by atoms with Gasteiger partial charge in [0.1, 0.15) is 11.5 Å².